The van der Waals surface area contributed by atoms with Crippen LogP contribution in [0, 0.1) is 23.7 Å². The molecule has 108 valence electrons. The Labute approximate surface area is 114 Å². The Balaban J connectivity index is 2.73. The van der Waals surface area contributed by atoms with E-state index in [0.717, 1.165) is 30.2 Å². The average Bonchev–Trinajstić information content (AvgIpc) is 2.49. The van der Waals surface area contributed by atoms with Gasteiger partial charge in [0, 0.05) is 12.6 Å². The lowest BCUT2D eigenvalue weighted by molar-refractivity contribution is 0.0929. The normalized spacial score (nSPS) is 24.8. The molecule has 0 radical (unpaired) electrons. The zero-order valence-corrected chi connectivity index (χ0v) is 13.2. The highest BCUT2D eigenvalue weighted by atomic mass is 15.2. The first-order valence-corrected chi connectivity index (χ1v) is 7.91. The third-order valence-corrected chi connectivity index (χ3v) is 4.75. The van der Waals surface area contributed by atoms with Gasteiger partial charge in [-0.15, -0.1) is 0 Å². The molecule has 2 unspecified atom stereocenters. The molecule has 0 spiro atoms. The molecule has 2 atom stereocenters. The van der Waals surface area contributed by atoms with E-state index in [-0.39, 0.29) is 0 Å². The molecular formula is C16H34N2. The molecule has 1 fully saturated rings. The molecule has 0 saturated carbocycles. The molecule has 0 amide bonds. The SMILES string of the molecule is CC1CCCN(C(CN)C(C(C)C)C(C)C)CC1. The Hall–Kier alpha value is -0.0800. The van der Waals surface area contributed by atoms with Crippen LogP contribution in [-0.2, 0) is 0 Å². The summed E-state index contributed by atoms with van der Waals surface area (Å²) >= 11 is 0. The molecule has 2 heteroatoms. The Kier molecular flexibility index (Phi) is 6.65. The zero-order chi connectivity index (χ0) is 13.7. The van der Waals surface area contributed by atoms with Crippen molar-refractivity contribution in [3.8, 4) is 0 Å². The summed E-state index contributed by atoms with van der Waals surface area (Å²) < 4.78 is 0. The third kappa shape index (κ3) is 4.24. The van der Waals surface area contributed by atoms with Crippen molar-refractivity contribution in [3.63, 3.8) is 0 Å². The number of likely N-dealkylation sites (tertiary alicyclic amines) is 1. The van der Waals surface area contributed by atoms with E-state index < -0.39 is 0 Å². The van der Waals surface area contributed by atoms with Crippen molar-refractivity contribution in [1.82, 2.24) is 4.90 Å². The maximum Gasteiger partial charge on any atom is 0.0251 e. The fraction of sp³-hybridized carbons (Fsp3) is 1.00. The Morgan fingerprint density at radius 2 is 1.67 bits per heavy atom. The van der Waals surface area contributed by atoms with Gasteiger partial charge in [-0.2, -0.15) is 0 Å². The second-order valence-corrected chi connectivity index (χ2v) is 6.94. The van der Waals surface area contributed by atoms with Crippen LogP contribution < -0.4 is 5.73 Å². The van der Waals surface area contributed by atoms with E-state index >= 15 is 0 Å². The van der Waals surface area contributed by atoms with Gasteiger partial charge < -0.3 is 5.73 Å². The fourth-order valence-corrected chi connectivity index (χ4v) is 3.82. The zero-order valence-electron chi connectivity index (χ0n) is 13.2. The minimum Gasteiger partial charge on any atom is -0.329 e. The molecule has 1 aliphatic rings. The minimum atomic E-state index is 0.579. The number of rotatable bonds is 5. The minimum absolute atomic E-state index is 0.579. The smallest absolute Gasteiger partial charge is 0.0251 e. The molecule has 1 saturated heterocycles. The summed E-state index contributed by atoms with van der Waals surface area (Å²) in [6.07, 6.45) is 4.09. The van der Waals surface area contributed by atoms with Gasteiger partial charge in [0.1, 0.15) is 0 Å². The Morgan fingerprint density at radius 1 is 1.06 bits per heavy atom. The van der Waals surface area contributed by atoms with E-state index in [1.807, 2.05) is 0 Å². The molecular weight excluding hydrogens is 220 g/mol. The first kappa shape index (κ1) is 16.0. The van der Waals surface area contributed by atoms with Gasteiger partial charge >= 0.3 is 0 Å². The quantitative estimate of drug-likeness (QED) is 0.815. The maximum atomic E-state index is 6.12. The molecule has 1 aliphatic heterocycles. The van der Waals surface area contributed by atoms with Crippen molar-refractivity contribution in [1.29, 1.82) is 0 Å². The van der Waals surface area contributed by atoms with E-state index in [1.165, 1.54) is 32.4 Å². The van der Waals surface area contributed by atoms with Crippen LogP contribution in [-0.4, -0.2) is 30.6 Å². The summed E-state index contributed by atoms with van der Waals surface area (Å²) in [5.74, 6) is 3.06. The van der Waals surface area contributed by atoms with Gasteiger partial charge in [-0.3, -0.25) is 4.90 Å². The van der Waals surface area contributed by atoms with Crippen molar-refractivity contribution in [2.24, 2.45) is 29.4 Å². The van der Waals surface area contributed by atoms with Crippen molar-refractivity contribution in [3.05, 3.63) is 0 Å². The number of nitrogens with two attached hydrogens (primary N) is 1. The lowest BCUT2D eigenvalue weighted by Gasteiger charge is -2.40. The second kappa shape index (κ2) is 7.49. The summed E-state index contributed by atoms with van der Waals surface area (Å²) in [6.45, 7) is 15.1. The maximum absolute atomic E-state index is 6.12. The van der Waals surface area contributed by atoms with Crippen LogP contribution in [0.1, 0.15) is 53.9 Å². The van der Waals surface area contributed by atoms with Crippen molar-refractivity contribution in [2.45, 2.75) is 59.9 Å². The molecule has 0 aromatic rings. The van der Waals surface area contributed by atoms with Gasteiger partial charge in [-0.05, 0) is 56.0 Å². The van der Waals surface area contributed by atoms with Gasteiger partial charge in [0.05, 0.1) is 0 Å². The van der Waals surface area contributed by atoms with Gasteiger partial charge in [-0.1, -0.05) is 34.6 Å². The van der Waals surface area contributed by atoms with Crippen LogP contribution in [0.15, 0.2) is 0 Å². The molecule has 1 heterocycles. The van der Waals surface area contributed by atoms with Crippen LogP contribution in [0.3, 0.4) is 0 Å². The molecule has 0 aromatic carbocycles. The van der Waals surface area contributed by atoms with E-state index in [4.69, 9.17) is 5.73 Å². The molecule has 0 aromatic heterocycles. The lowest BCUT2D eigenvalue weighted by atomic mass is 9.79. The molecule has 18 heavy (non-hydrogen) atoms. The van der Waals surface area contributed by atoms with Gasteiger partial charge in [0.2, 0.25) is 0 Å². The van der Waals surface area contributed by atoms with E-state index in [9.17, 15) is 0 Å². The molecule has 2 nitrogen and oxygen atoms in total. The Bertz CT molecular complexity index is 217. The second-order valence-electron chi connectivity index (χ2n) is 6.94. The first-order chi connectivity index (χ1) is 8.47. The topological polar surface area (TPSA) is 29.3 Å². The number of hydrogen-bond acceptors (Lipinski definition) is 2. The predicted octanol–water partition coefficient (Wildman–Crippen LogP) is 3.36. The highest BCUT2D eigenvalue weighted by Gasteiger charge is 2.31. The van der Waals surface area contributed by atoms with Crippen LogP contribution in [0.2, 0.25) is 0 Å². The number of nitrogens with zero attached hydrogens (tertiary/aromatic N) is 1. The standard InChI is InChI=1S/C16H34N2/c1-12(2)16(13(3)4)15(11-17)18-9-6-7-14(5)8-10-18/h12-16H,6-11,17H2,1-5H3. The highest BCUT2D eigenvalue weighted by Crippen LogP contribution is 2.29. The lowest BCUT2D eigenvalue weighted by Crippen LogP contribution is -2.49. The molecule has 0 aliphatic carbocycles. The average molecular weight is 254 g/mol. The van der Waals surface area contributed by atoms with Crippen LogP contribution in [0.4, 0.5) is 0 Å². The van der Waals surface area contributed by atoms with E-state index in [1.54, 1.807) is 0 Å². The molecule has 0 bridgehead atoms. The van der Waals surface area contributed by atoms with Crippen LogP contribution >= 0.6 is 0 Å². The summed E-state index contributed by atoms with van der Waals surface area (Å²) in [5, 5.41) is 0. The Morgan fingerprint density at radius 3 is 2.17 bits per heavy atom. The van der Waals surface area contributed by atoms with E-state index in [0.29, 0.717) is 6.04 Å². The largest absolute Gasteiger partial charge is 0.329 e. The highest BCUT2D eigenvalue weighted by molar-refractivity contribution is 4.85. The predicted molar refractivity (Wildman–Crippen MR) is 80.6 cm³/mol. The van der Waals surface area contributed by atoms with E-state index in [2.05, 4.69) is 39.5 Å². The van der Waals surface area contributed by atoms with Crippen LogP contribution in [0.25, 0.3) is 0 Å². The fourth-order valence-electron chi connectivity index (χ4n) is 3.82. The summed E-state index contributed by atoms with van der Waals surface area (Å²) in [6, 6.07) is 0.579. The molecule has 1 rings (SSSR count). The van der Waals surface area contributed by atoms with Crippen molar-refractivity contribution >= 4 is 0 Å². The van der Waals surface area contributed by atoms with Gasteiger partial charge in [0.25, 0.3) is 0 Å². The summed E-state index contributed by atoms with van der Waals surface area (Å²) in [4.78, 5) is 2.69. The third-order valence-electron chi connectivity index (χ3n) is 4.75. The van der Waals surface area contributed by atoms with Gasteiger partial charge in [-0.25, -0.2) is 0 Å². The van der Waals surface area contributed by atoms with Crippen molar-refractivity contribution in [2.75, 3.05) is 19.6 Å². The van der Waals surface area contributed by atoms with Crippen LogP contribution in [0.5, 0.6) is 0 Å². The van der Waals surface area contributed by atoms with Gasteiger partial charge in [0.15, 0.2) is 0 Å². The monoisotopic (exact) mass is 254 g/mol. The number of hydrogen-bond donors (Lipinski definition) is 1. The first-order valence-electron chi connectivity index (χ1n) is 7.91. The van der Waals surface area contributed by atoms with Crippen molar-refractivity contribution < 1.29 is 0 Å². The summed E-state index contributed by atoms with van der Waals surface area (Å²) in [7, 11) is 0. The molecule has 2 N–H and O–H groups in total. The summed E-state index contributed by atoms with van der Waals surface area (Å²) in [5.41, 5.74) is 6.12.